The highest BCUT2D eigenvalue weighted by Gasteiger charge is 2.38. The summed E-state index contributed by atoms with van der Waals surface area (Å²) in [6, 6.07) is 6.32. The van der Waals surface area contributed by atoms with E-state index in [1.807, 2.05) is 12.1 Å². The maximum atomic E-state index is 11.6. The van der Waals surface area contributed by atoms with Crippen LogP contribution in [0, 0.1) is 0 Å². The maximum Gasteiger partial charge on any atom is 0.490 e. The number of nitrogens with one attached hydrogen (secondary N) is 1. The van der Waals surface area contributed by atoms with Gasteiger partial charge >= 0.3 is 12.1 Å². The first-order valence-corrected chi connectivity index (χ1v) is 12.3. The zero-order chi connectivity index (χ0) is 26.5. The number of amides is 1. The molecule has 0 heterocycles. The van der Waals surface area contributed by atoms with E-state index in [0.717, 1.165) is 18.8 Å². The van der Waals surface area contributed by atoms with Gasteiger partial charge in [-0.05, 0) is 30.7 Å². The van der Waals surface area contributed by atoms with E-state index in [-0.39, 0.29) is 6.61 Å². The van der Waals surface area contributed by atoms with Crippen molar-refractivity contribution < 1.29 is 37.7 Å². The third-order valence-corrected chi connectivity index (χ3v) is 5.16. The number of aliphatic hydroxyl groups excluding tert-OH is 1. The molecule has 5 N–H and O–H groups in total. The van der Waals surface area contributed by atoms with Gasteiger partial charge in [0.2, 0.25) is 5.91 Å². The molecule has 1 amide bonds. The van der Waals surface area contributed by atoms with E-state index >= 15 is 0 Å². The fourth-order valence-corrected chi connectivity index (χ4v) is 3.09. The zero-order valence-electron chi connectivity index (χ0n) is 20.6. The van der Waals surface area contributed by atoms with Crippen LogP contribution in [0.5, 0.6) is 5.75 Å². The quantitative estimate of drug-likeness (QED) is 0.202. The minimum atomic E-state index is -5.08. The van der Waals surface area contributed by atoms with Crippen LogP contribution in [0.25, 0.3) is 0 Å². The lowest BCUT2D eigenvalue weighted by atomic mass is 10.1. The van der Waals surface area contributed by atoms with Gasteiger partial charge in [-0.1, -0.05) is 77.6 Å². The first-order chi connectivity index (χ1) is 16.6. The Kier molecular flexibility index (Phi) is 18.6. The molecule has 0 radical (unpaired) electrons. The van der Waals surface area contributed by atoms with E-state index in [1.165, 1.54) is 70.6 Å². The molecule has 0 aliphatic rings. The Morgan fingerprint density at radius 1 is 0.914 bits per heavy atom. The second-order valence-corrected chi connectivity index (χ2v) is 8.34. The Bertz CT molecular complexity index is 685. The normalized spacial score (nSPS) is 11.8. The van der Waals surface area contributed by atoms with Crippen molar-refractivity contribution in [3.05, 3.63) is 24.3 Å². The first kappa shape index (κ1) is 32.7. The molecule has 10 heteroatoms. The Morgan fingerprint density at radius 2 is 1.34 bits per heavy atom. The molecule has 1 atom stereocenters. The van der Waals surface area contributed by atoms with Gasteiger partial charge in [0.1, 0.15) is 11.8 Å². The van der Waals surface area contributed by atoms with Crippen LogP contribution < -0.4 is 15.8 Å². The van der Waals surface area contributed by atoms with E-state index in [0.29, 0.717) is 5.69 Å². The van der Waals surface area contributed by atoms with Crippen LogP contribution >= 0.6 is 0 Å². The van der Waals surface area contributed by atoms with Crippen molar-refractivity contribution in [1.82, 2.24) is 0 Å². The number of carboxylic acids is 1. The summed E-state index contributed by atoms with van der Waals surface area (Å²) in [5.41, 5.74) is 6.11. The molecule has 1 unspecified atom stereocenters. The number of carbonyl (C=O) groups excluding carboxylic acids is 1. The van der Waals surface area contributed by atoms with Gasteiger partial charge in [-0.25, -0.2) is 4.79 Å². The number of hydrogen-bond acceptors (Lipinski definition) is 5. The number of aliphatic hydroxyl groups is 1. The average molecular weight is 507 g/mol. The molecule has 0 saturated heterocycles. The fourth-order valence-electron chi connectivity index (χ4n) is 3.09. The standard InChI is InChI=1S/C23H40N2O3.C2HF3O2/c1-2-3-4-5-6-7-8-9-10-11-12-13-18-28-21-16-14-20(15-17-21)25-23(27)22(24)19-26;3-2(4,5)1(6)7/h14-17,22,26H,2-13,18-19,24H2,1H3,(H,25,27);(H,6,7). The summed E-state index contributed by atoms with van der Waals surface area (Å²) in [7, 11) is 0. The van der Waals surface area contributed by atoms with Crippen molar-refractivity contribution in [3.63, 3.8) is 0 Å². The molecule has 7 nitrogen and oxygen atoms in total. The van der Waals surface area contributed by atoms with Gasteiger partial charge < -0.3 is 26.0 Å². The second-order valence-electron chi connectivity index (χ2n) is 8.34. The molecule has 0 aliphatic carbocycles. The van der Waals surface area contributed by atoms with Crippen LogP contribution in [0.2, 0.25) is 0 Å². The summed E-state index contributed by atoms with van der Waals surface area (Å²) in [6.07, 6.45) is 10.9. The van der Waals surface area contributed by atoms with E-state index in [1.54, 1.807) is 12.1 Å². The van der Waals surface area contributed by atoms with Crippen molar-refractivity contribution in [3.8, 4) is 5.75 Å². The van der Waals surface area contributed by atoms with Crippen LogP contribution in [-0.4, -0.2) is 47.5 Å². The summed E-state index contributed by atoms with van der Waals surface area (Å²) < 4.78 is 37.5. The number of ether oxygens (including phenoxy) is 1. The molecular formula is C25H41F3N2O5. The molecule has 202 valence electrons. The molecule has 0 aliphatic heterocycles. The van der Waals surface area contributed by atoms with Gasteiger partial charge in [-0.3, -0.25) is 4.79 Å². The number of hydrogen-bond donors (Lipinski definition) is 4. The maximum absolute atomic E-state index is 11.6. The molecule has 1 aromatic carbocycles. The summed E-state index contributed by atoms with van der Waals surface area (Å²) >= 11 is 0. The highest BCUT2D eigenvalue weighted by atomic mass is 19.4. The number of rotatable bonds is 17. The van der Waals surface area contributed by atoms with Crippen LogP contribution in [0.3, 0.4) is 0 Å². The van der Waals surface area contributed by atoms with Crippen molar-refractivity contribution >= 4 is 17.6 Å². The largest absolute Gasteiger partial charge is 0.494 e. The lowest BCUT2D eigenvalue weighted by Gasteiger charge is -2.10. The predicted octanol–water partition coefficient (Wildman–Crippen LogP) is 5.66. The van der Waals surface area contributed by atoms with E-state index in [9.17, 15) is 18.0 Å². The Labute approximate surface area is 206 Å². The molecule has 0 saturated carbocycles. The van der Waals surface area contributed by atoms with E-state index in [2.05, 4.69) is 12.2 Å². The predicted molar refractivity (Wildman–Crippen MR) is 130 cm³/mol. The molecule has 0 aromatic heterocycles. The van der Waals surface area contributed by atoms with Crippen molar-refractivity contribution in [1.29, 1.82) is 0 Å². The number of aliphatic carboxylic acids is 1. The van der Waals surface area contributed by atoms with Gasteiger partial charge in [0, 0.05) is 5.69 Å². The fraction of sp³-hybridized carbons (Fsp3) is 0.680. The van der Waals surface area contributed by atoms with Crippen LogP contribution in [-0.2, 0) is 9.59 Å². The molecular weight excluding hydrogens is 465 g/mol. The molecule has 1 rings (SSSR count). The third kappa shape index (κ3) is 18.6. The summed E-state index contributed by atoms with van der Waals surface area (Å²) in [6.45, 7) is 2.62. The molecule has 1 aromatic rings. The highest BCUT2D eigenvalue weighted by Crippen LogP contribution is 2.17. The van der Waals surface area contributed by atoms with Gasteiger partial charge in [-0.2, -0.15) is 13.2 Å². The molecule has 0 fully saturated rings. The van der Waals surface area contributed by atoms with Crippen LogP contribution in [0.4, 0.5) is 18.9 Å². The zero-order valence-corrected chi connectivity index (χ0v) is 20.6. The minimum absolute atomic E-state index is 0.369. The van der Waals surface area contributed by atoms with Gasteiger partial charge in [-0.15, -0.1) is 0 Å². The third-order valence-electron chi connectivity index (χ3n) is 5.16. The monoisotopic (exact) mass is 506 g/mol. The van der Waals surface area contributed by atoms with Crippen LogP contribution in [0.1, 0.15) is 84.0 Å². The number of benzene rings is 1. The van der Waals surface area contributed by atoms with Gasteiger partial charge in [0.25, 0.3) is 0 Å². The molecule has 0 bridgehead atoms. The first-order valence-electron chi connectivity index (χ1n) is 12.3. The Hall–Kier alpha value is -2.33. The number of alkyl halides is 3. The van der Waals surface area contributed by atoms with Crippen molar-refractivity contribution in [2.75, 3.05) is 18.5 Å². The number of anilines is 1. The Morgan fingerprint density at radius 3 is 1.74 bits per heavy atom. The second kappa shape index (κ2) is 19.9. The topological polar surface area (TPSA) is 122 Å². The lowest BCUT2D eigenvalue weighted by Crippen LogP contribution is -2.38. The molecule has 0 spiro atoms. The van der Waals surface area contributed by atoms with Gasteiger partial charge in [0.15, 0.2) is 0 Å². The summed E-state index contributed by atoms with van der Waals surface area (Å²) in [4.78, 5) is 20.5. The Balaban J connectivity index is 0.00000143. The highest BCUT2D eigenvalue weighted by molar-refractivity contribution is 5.94. The number of carboxylic acid groups (broad SMARTS) is 1. The number of unbranched alkanes of at least 4 members (excludes halogenated alkanes) is 11. The minimum Gasteiger partial charge on any atom is -0.494 e. The summed E-state index contributed by atoms with van der Waals surface area (Å²) in [5.74, 6) is -2.35. The number of halogens is 3. The molecule has 35 heavy (non-hydrogen) atoms. The SMILES string of the molecule is CCCCCCCCCCCCCCOc1ccc(NC(=O)C(N)CO)cc1.O=C(O)C(F)(F)F. The average Bonchev–Trinajstić information content (AvgIpc) is 2.82. The smallest absolute Gasteiger partial charge is 0.490 e. The number of carbonyl (C=O) groups is 2. The van der Waals surface area contributed by atoms with E-state index < -0.39 is 24.1 Å². The summed E-state index contributed by atoms with van der Waals surface area (Å²) in [5, 5.41) is 18.7. The lowest BCUT2D eigenvalue weighted by molar-refractivity contribution is -0.192. The number of nitrogens with two attached hydrogens (primary N) is 1. The van der Waals surface area contributed by atoms with E-state index in [4.69, 9.17) is 25.5 Å². The van der Waals surface area contributed by atoms with Crippen molar-refractivity contribution in [2.24, 2.45) is 5.73 Å². The van der Waals surface area contributed by atoms with Crippen molar-refractivity contribution in [2.45, 2.75) is 96.2 Å². The van der Waals surface area contributed by atoms with Crippen LogP contribution in [0.15, 0.2) is 24.3 Å². The van der Waals surface area contributed by atoms with Gasteiger partial charge in [0.05, 0.1) is 13.2 Å².